The first kappa shape index (κ1) is 15.4. The minimum atomic E-state index is -0.573. The van der Waals surface area contributed by atoms with Gasteiger partial charge in [0.25, 0.3) is 5.91 Å². The second-order valence-corrected chi connectivity index (χ2v) is 5.20. The van der Waals surface area contributed by atoms with Crippen LogP contribution in [0.1, 0.15) is 5.56 Å². The highest BCUT2D eigenvalue weighted by molar-refractivity contribution is 6.10. The van der Waals surface area contributed by atoms with Gasteiger partial charge in [0.1, 0.15) is 17.5 Å². The lowest BCUT2D eigenvalue weighted by atomic mass is 10.0. The van der Waals surface area contributed by atoms with Gasteiger partial charge in [-0.1, -0.05) is 48.5 Å². The van der Waals surface area contributed by atoms with Gasteiger partial charge < -0.3 is 5.32 Å². The van der Waals surface area contributed by atoms with Crippen LogP contribution in [0.2, 0.25) is 0 Å². The molecule has 3 aromatic carbocycles. The third-order valence-corrected chi connectivity index (χ3v) is 3.57. The molecule has 0 atom stereocenters. The quantitative estimate of drug-likeness (QED) is 0.570. The molecule has 0 fully saturated rings. The molecule has 0 spiro atoms. The van der Waals surface area contributed by atoms with Crippen LogP contribution >= 0.6 is 0 Å². The number of nitrogens with one attached hydrogen (secondary N) is 1. The van der Waals surface area contributed by atoms with Crippen LogP contribution in [0.3, 0.4) is 0 Å². The monoisotopic (exact) mass is 316 g/mol. The molecule has 116 valence electrons. The molecule has 0 bridgehead atoms. The number of nitrogens with zero attached hydrogens (tertiary/aromatic N) is 1. The van der Waals surface area contributed by atoms with Crippen LogP contribution in [0, 0.1) is 17.1 Å². The Hall–Kier alpha value is -3.45. The molecule has 0 saturated carbocycles. The van der Waals surface area contributed by atoms with Gasteiger partial charge in [-0.15, -0.1) is 0 Å². The van der Waals surface area contributed by atoms with E-state index in [2.05, 4.69) is 5.32 Å². The summed E-state index contributed by atoms with van der Waals surface area (Å²) in [5, 5.41) is 13.8. The van der Waals surface area contributed by atoms with E-state index in [1.807, 2.05) is 48.5 Å². The van der Waals surface area contributed by atoms with Gasteiger partial charge in [0.15, 0.2) is 0 Å². The minimum absolute atomic E-state index is 0.0457. The third kappa shape index (κ3) is 3.31. The maximum absolute atomic E-state index is 13.2. The summed E-state index contributed by atoms with van der Waals surface area (Å²) in [4.78, 5) is 12.3. The first-order valence-corrected chi connectivity index (χ1v) is 7.34. The average Bonchev–Trinajstić information content (AvgIpc) is 2.59. The first-order chi connectivity index (χ1) is 11.7. The minimum Gasteiger partial charge on any atom is -0.321 e. The van der Waals surface area contributed by atoms with Gasteiger partial charge in [-0.25, -0.2) is 4.39 Å². The predicted octanol–water partition coefficient (Wildman–Crippen LogP) is 4.52. The zero-order valence-electron chi connectivity index (χ0n) is 12.7. The third-order valence-electron chi connectivity index (χ3n) is 3.57. The van der Waals surface area contributed by atoms with Crippen LogP contribution in [-0.4, -0.2) is 5.91 Å². The van der Waals surface area contributed by atoms with Gasteiger partial charge in [-0.05, 0) is 40.6 Å². The fourth-order valence-corrected chi connectivity index (χ4v) is 2.45. The maximum Gasteiger partial charge on any atom is 0.266 e. The van der Waals surface area contributed by atoms with Crippen molar-refractivity contribution in [1.82, 2.24) is 0 Å². The van der Waals surface area contributed by atoms with Crippen molar-refractivity contribution in [2.45, 2.75) is 0 Å². The molecule has 0 heterocycles. The number of carbonyl (C=O) groups is 1. The van der Waals surface area contributed by atoms with E-state index in [4.69, 9.17) is 0 Å². The number of benzene rings is 3. The molecule has 0 aliphatic heterocycles. The molecule has 24 heavy (non-hydrogen) atoms. The van der Waals surface area contributed by atoms with Crippen LogP contribution in [0.25, 0.3) is 16.8 Å². The summed E-state index contributed by atoms with van der Waals surface area (Å²) >= 11 is 0. The van der Waals surface area contributed by atoms with E-state index in [1.54, 1.807) is 6.07 Å². The van der Waals surface area contributed by atoms with Crippen molar-refractivity contribution in [2.24, 2.45) is 0 Å². The van der Waals surface area contributed by atoms with Gasteiger partial charge in [0, 0.05) is 5.69 Å². The molecule has 0 unspecified atom stereocenters. The second-order valence-electron chi connectivity index (χ2n) is 5.20. The summed E-state index contributed by atoms with van der Waals surface area (Å²) in [7, 11) is 0. The Morgan fingerprint density at radius 1 is 1.04 bits per heavy atom. The number of fused-ring (bicyclic) bond motifs is 1. The van der Waals surface area contributed by atoms with Crippen molar-refractivity contribution in [3.8, 4) is 6.07 Å². The molecule has 1 N–H and O–H groups in total. The van der Waals surface area contributed by atoms with Crippen LogP contribution in [0.5, 0.6) is 0 Å². The standard InChI is InChI=1S/C20H13FN2O/c21-17-8-4-9-18(12-17)23-20(24)16(13-22)11-15-7-3-6-14-5-1-2-10-19(14)15/h1-12H,(H,23,24)/b16-11+. The van der Waals surface area contributed by atoms with Crippen molar-refractivity contribution < 1.29 is 9.18 Å². The van der Waals surface area contributed by atoms with Gasteiger partial charge in [0.2, 0.25) is 0 Å². The number of hydrogen-bond acceptors (Lipinski definition) is 2. The van der Waals surface area contributed by atoms with E-state index in [0.29, 0.717) is 5.69 Å². The highest BCUT2D eigenvalue weighted by Crippen LogP contribution is 2.21. The van der Waals surface area contributed by atoms with E-state index in [-0.39, 0.29) is 5.57 Å². The van der Waals surface area contributed by atoms with Gasteiger partial charge in [-0.3, -0.25) is 4.79 Å². The van der Waals surface area contributed by atoms with Gasteiger partial charge >= 0.3 is 0 Å². The van der Waals surface area contributed by atoms with E-state index in [1.165, 1.54) is 24.3 Å². The molecule has 0 aliphatic rings. The highest BCUT2D eigenvalue weighted by Gasteiger charge is 2.10. The molecule has 0 radical (unpaired) electrons. The number of halogens is 1. The number of rotatable bonds is 3. The summed E-state index contributed by atoms with van der Waals surface area (Å²) < 4.78 is 13.2. The highest BCUT2D eigenvalue weighted by atomic mass is 19.1. The molecule has 3 rings (SSSR count). The molecular formula is C20H13FN2O. The number of carbonyl (C=O) groups excluding carboxylic acids is 1. The summed E-state index contributed by atoms with van der Waals surface area (Å²) in [5.74, 6) is -1.03. The Morgan fingerprint density at radius 3 is 2.58 bits per heavy atom. The van der Waals surface area contributed by atoms with Gasteiger partial charge in [0.05, 0.1) is 0 Å². The lowest BCUT2D eigenvalue weighted by molar-refractivity contribution is -0.112. The summed E-state index contributed by atoms with van der Waals surface area (Å²) in [6, 6.07) is 20.8. The average molecular weight is 316 g/mol. The maximum atomic E-state index is 13.2. The fourth-order valence-electron chi connectivity index (χ4n) is 2.45. The normalized spacial score (nSPS) is 11.1. The Bertz CT molecular complexity index is 981. The predicted molar refractivity (Wildman–Crippen MR) is 92.6 cm³/mol. The molecular weight excluding hydrogens is 303 g/mol. The molecule has 0 aromatic heterocycles. The SMILES string of the molecule is N#C/C(=C\c1cccc2ccccc12)C(=O)Nc1cccc(F)c1. The van der Waals surface area contributed by atoms with Crippen LogP contribution in [0.15, 0.2) is 72.3 Å². The summed E-state index contributed by atoms with van der Waals surface area (Å²) in [5.41, 5.74) is 1.04. The van der Waals surface area contributed by atoms with Gasteiger partial charge in [-0.2, -0.15) is 5.26 Å². The molecule has 3 aromatic rings. The molecule has 0 saturated heterocycles. The molecule has 1 amide bonds. The van der Waals surface area contributed by atoms with E-state index in [0.717, 1.165) is 16.3 Å². The number of hydrogen-bond donors (Lipinski definition) is 1. The Kier molecular flexibility index (Phi) is 4.35. The number of anilines is 1. The van der Waals surface area contributed by atoms with E-state index < -0.39 is 11.7 Å². The lowest BCUT2D eigenvalue weighted by Gasteiger charge is -2.06. The summed E-state index contributed by atoms with van der Waals surface area (Å²) in [6.07, 6.45) is 1.54. The smallest absolute Gasteiger partial charge is 0.266 e. The van der Waals surface area contributed by atoms with Crippen LogP contribution < -0.4 is 5.32 Å². The van der Waals surface area contributed by atoms with Crippen molar-refractivity contribution in [2.75, 3.05) is 5.32 Å². The van der Waals surface area contributed by atoms with Crippen molar-refractivity contribution in [1.29, 1.82) is 5.26 Å². The van der Waals surface area contributed by atoms with E-state index in [9.17, 15) is 14.4 Å². The number of amides is 1. The molecule has 0 aliphatic carbocycles. The molecule has 3 nitrogen and oxygen atoms in total. The van der Waals surface area contributed by atoms with E-state index >= 15 is 0 Å². The van der Waals surface area contributed by atoms with Crippen molar-refractivity contribution in [3.63, 3.8) is 0 Å². The van der Waals surface area contributed by atoms with Crippen LogP contribution in [0.4, 0.5) is 10.1 Å². The zero-order valence-corrected chi connectivity index (χ0v) is 12.7. The summed E-state index contributed by atoms with van der Waals surface area (Å²) in [6.45, 7) is 0. The lowest BCUT2D eigenvalue weighted by Crippen LogP contribution is -2.13. The Morgan fingerprint density at radius 2 is 1.79 bits per heavy atom. The second kappa shape index (κ2) is 6.76. The van der Waals surface area contributed by atoms with Crippen molar-refractivity contribution in [3.05, 3.63) is 83.7 Å². The fraction of sp³-hybridized carbons (Fsp3) is 0. The Balaban J connectivity index is 1.94. The number of nitriles is 1. The van der Waals surface area contributed by atoms with Crippen molar-refractivity contribution >= 4 is 28.4 Å². The first-order valence-electron chi connectivity index (χ1n) is 7.34. The Labute approximate surface area is 138 Å². The molecule has 4 heteroatoms. The topological polar surface area (TPSA) is 52.9 Å². The largest absolute Gasteiger partial charge is 0.321 e. The van der Waals surface area contributed by atoms with Crippen LogP contribution in [-0.2, 0) is 4.79 Å². The zero-order chi connectivity index (χ0) is 16.9.